The molecule has 16 heavy (non-hydrogen) atoms. The quantitative estimate of drug-likeness (QED) is 0.864. The third kappa shape index (κ3) is 2.49. The summed E-state index contributed by atoms with van der Waals surface area (Å²) in [5, 5.41) is 12.0. The van der Waals surface area contributed by atoms with Crippen LogP contribution in [0.5, 0.6) is 0 Å². The van der Waals surface area contributed by atoms with Gasteiger partial charge in [-0.2, -0.15) is 5.26 Å². The summed E-state index contributed by atoms with van der Waals surface area (Å²) in [5.41, 5.74) is 2.31. The topological polar surface area (TPSA) is 48.7 Å². The van der Waals surface area contributed by atoms with Crippen LogP contribution in [0.3, 0.4) is 0 Å². The summed E-state index contributed by atoms with van der Waals surface area (Å²) in [4.78, 5) is 3.92. The maximum Gasteiger partial charge on any atom is 0.142 e. The summed E-state index contributed by atoms with van der Waals surface area (Å²) in [6, 6.07) is 13.6. The number of hydrogen-bond acceptors (Lipinski definition) is 3. The molecular weight excluding hydrogens is 313 g/mol. The second-order valence-corrected chi connectivity index (χ2v) is 4.31. The van der Waals surface area contributed by atoms with Crippen molar-refractivity contribution in [3.63, 3.8) is 0 Å². The lowest BCUT2D eigenvalue weighted by Crippen LogP contribution is -1.93. The smallest absolute Gasteiger partial charge is 0.142 e. The number of rotatable bonds is 2. The zero-order chi connectivity index (χ0) is 11.4. The lowest BCUT2D eigenvalue weighted by molar-refractivity contribution is 1.26. The van der Waals surface area contributed by atoms with Crippen molar-refractivity contribution in [2.75, 3.05) is 5.32 Å². The monoisotopic (exact) mass is 321 g/mol. The molecule has 0 amide bonds. The Bertz CT molecular complexity index is 546. The van der Waals surface area contributed by atoms with E-state index in [0.29, 0.717) is 5.69 Å². The molecule has 3 nitrogen and oxygen atoms in total. The fraction of sp³-hybridized carbons (Fsp3) is 0. The molecule has 1 N–H and O–H groups in total. The first-order valence-corrected chi connectivity index (χ1v) is 5.75. The molecule has 0 saturated heterocycles. The summed E-state index contributed by atoms with van der Waals surface area (Å²) in [6.45, 7) is 0. The third-order valence-corrected chi connectivity index (χ3v) is 2.97. The highest BCUT2D eigenvalue weighted by Crippen LogP contribution is 2.21. The van der Waals surface area contributed by atoms with Crippen LogP contribution in [0.1, 0.15) is 5.69 Å². The number of aromatic nitrogens is 1. The highest BCUT2D eigenvalue weighted by Gasteiger charge is 2.00. The second-order valence-electron chi connectivity index (χ2n) is 3.15. The lowest BCUT2D eigenvalue weighted by atomic mass is 10.3. The summed E-state index contributed by atoms with van der Waals surface area (Å²) >= 11 is 2.26. The minimum absolute atomic E-state index is 0.413. The van der Waals surface area contributed by atoms with Gasteiger partial charge in [0.2, 0.25) is 0 Å². The van der Waals surface area contributed by atoms with Gasteiger partial charge >= 0.3 is 0 Å². The molecule has 0 aliphatic rings. The molecule has 0 unspecified atom stereocenters. The van der Waals surface area contributed by atoms with Crippen LogP contribution in [-0.4, -0.2) is 4.98 Å². The number of para-hydroxylation sites is 1. The molecule has 0 fully saturated rings. The molecule has 4 heteroatoms. The van der Waals surface area contributed by atoms with Crippen LogP contribution in [0, 0.1) is 14.9 Å². The van der Waals surface area contributed by atoms with Gasteiger partial charge in [-0.15, -0.1) is 0 Å². The average Bonchev–Trinajstić information content (AvgIpc) is 2.32. The Kier molecular flexibility index (Phi) is 3.37. The van der Waals surface area contributed by atoms with Crippen molar-refractivity contribution in [1.29, 1.82) is 5.26 Å². The van der Waals surface area contributed by atoms with Crippen LogP contribution in [0.25, 0.3) is 0 Å². The van der Waals surface area contributed by atoms with Crippen LogP contribution in [-0.2, 0) is 0 Å². The van der Waals surface area contributed by atoms with Gasteiger partial charge in [0.25, 0.3) is 0 Å². The number of halogens is 1. The van der Waals surface area contributed by atoms with E-state index in [1.807, 2.05) is 36.4 Å². The van der Waals surface area contributed by atoms with Crippen molar-refractivity contribution in [3.8, 4) is 6.07 Å². The van der Waals surface area contributed by atoms with E-state index in [1.54, 1.807) is 12.3 Å². The van der Waals surface area contributed by atoms with Crippen LogP contribution in [0.2, 0.25) is 0 Å². The number of nitriles is 1. The zero-order valence-corrected chi connectivity index (χ0v) is 10.5. The molecule has 0 spiro atoms. The van der Waals surface area contributed by atoms with Gasteiger partial charge in [0, 0.05) is 15.5 Å². The molecule has 2 aromatic rings. The van der Waals surface area contributed by atoms with Crippen molar-refractivity contribution in [2.45, 2.75) is 0 Å². The SMILES string of the molecule is N#Cc1cc(Nc2ccccc2I)ccn1. The van der Waals surface area contributed by atoms with Gasteiger partial charge in [-0.05, 0) is 46.9 Å². The Morgan fingerprint density at radius 2 is 2.06 bits per heavy atom. The summed E-state index contributed by atoms with van der Waals surface area (Å²) in [6.07, 6.45) is 1.62. The summed E-state index contributed by atoms with van der Waals surface area (Å²) in [5.74, 6) is 0. The first-order valence-electron chi connectivity index (χ1n) is 4.67. The first kappa shape index (κ1) is 10.9. The van der Waals surface area contributed by atoms with E-state index >= 15 is 0 Å². The van der Waals surface area contributed by atoms with Crippen LogP contribution < -0.4 is 5.32 Å². The molecular formula is C12H8IN3. The van der Waals surface area contributed by atoms with E-state index in [9.17, 15) is 0 Å². The Labute approximate surface area is 107 Å². The lowest BCUT2D eigenvalue weighted by Gasteiger charge is -2.07. The van der Waals surface area contributed by atoms with E-state index in [2.05, 4.69) is 32.9 Å². The first-order chi connectivity index (χ1) is 7.79. The normalized spacial score (nSPS) is 9.50. The number of pyridine rings is 1. The van der Waals surface area contributed by atoms with Crippen molar-refractivity contribution in [1.82, 2.24) is 4.98 Å². The predicted octanol–water partition coefficient (Wildman–Crippen LogP) is 3.30. The standard InChI is InChI=1S/C12H8IN3/c13-11-3-1-2-4-12(11)16-9-5-6-15-10(7-9)8-14/h1-7H,(H,15,16). The maximum atomic E-state index is 8.74. The molecule has 2 rings (SSSR count). The number of hydrogen-bond donors (Lipinski definition) is 1. The van der Waals surface area contributed by atoms with E-state index in [-0.39, 0.29) is 0 Å². The Balaban J connectivity index is 2.28. The van der Waals surface area contributed by atoms with Gasteiger partial charge in [0.05, 0.1) is 5.69 Å². The Morgan fingerprint density at radius 3 is 2.81 bits per heavy atom. The summed E-state index contributed by atoms with van der Waals surface area (Å²) < 4.78 is 1.13. The minimum Gasteiger partial charge on any atom is -0.355 e. The molecule has 0 bridgehead atoms. The van der Waals surface area contributed by atoms with Gasteiger partial charge in [-0.3, -0.25) is 0 Å². The van der Waals surface area contributed by atoms with Crippen LogP contribution in [0.15, 0.2) is 42.6 Å². The molecule has 0 aliphatic carbocycles. The molecule has 0 aliphatic heterocycles. The number of nitrogens with one attached hydrogen (secondary N) is 1. The number of benzene rings is 1. The van der Waals surface area contributed by atoms with Gasteiger partial charge in [0.1, 0.15) is 11.8 Å². The largest absolute Gasteiger partial charge is 0.355 e. The predicted molar refractivity (Wildman–Crippen MR) is 71.4 cm³/mol. The fourth-order valence-electron chi connectivity index (χ4n) is 1.29. The van der Waals surface area contributed by atoms with Gasteiger partial charge in [-0.1, -0.05) is 12.1 Å². The van der Waals surface area contributed by atoms with E-state index in [0.717, 1.165) is 14.9 Å². The zero-order valence-electron chi connectivity index (χ0n) is 8.31. The minimum atomic E-state index is 0.413. The number of anilines is 2. The highest BCUT2D eigenvalue weighted by atomic mass is 127. The van der Waals surface area contributed by atoms with Gasteiger partial charge in [0.15, 0.2) is 0 Å². The van der Waals surface area contributed by atoms with Crippen LogP contribution in [0.4, 0.5) is 11.4 Å². The second kappa shape index (κ2) is 4.94. The Morgan fingerprint density at radius 1 is 1.25 bits per heavy atom. The van der Waals surface area contributed by atoms with Crippen molar-refractivity contribution in [3.05, 3.63) is 51.9 Å². The molecule has 1 aromatic heterocycles. The highest BCUT2D eigenvalue weighted by molar-refractivity contribution is 14.1. The molecule has 78 valence electrons. The molecule has 0 saturated carbocycles. The summed E-state index contributed by atoms with van der Waals surface area (Å²) in [7, 11) is 0. The molecule has 1 heterocycles. The van der Waals surface area contributed by atoms with E-state index in [4.69, 9.17) is 5.26 Å². The molecule has 1 aromatic carbocycles. The fourth-order valence-corrected chi connectivity index (χ4v) is 1.81. The molecule has 0 atom stereocenters. The van der Waals surface area contributed by atoms with Crippen LogP contribution >= 0.6 is 22.6 Å². The average molecular weight is 321 g/mol. The van der Waals surface area contributed by atoms with E-state index < -0.39 is 0 Å². The van der Waals surface area contributed by atoms with Gasteiger partial charge < -0.3 is 5.32 Å². The third-order valence-electron chi connectivity index (χ3n) is 2.03. The van der Waals surface area contributed by atoms with Crippen molar-refractivity contribution < 1.29 is 0 Å². The van der Waals surface area contributed by atoms with Crippen molar-refractivity contribution >= 4 is 34.0 Å². The van der Waals surface area contributed by atoms with Gasteiger partial charge in [-0.25, -0.2) is 4.98 Å². The Hall–Kier alpha value is -1.61. The maximum absolute atomic E-state index is 8.74. The van der Waals surface area contributed by atoms with Crippen molar-refractivity contribution in [2.24, 2.45) is 0 Å². The molecule has 0 radical (unpaired) electrons. The van der Waals surface area contributed by atoms with E-state index in [1.165, 1.54) is 0 Å². The number of nitrogens with zero attached hydrogens (tertiary/aromatic N) is 2.